The number of thiophene rings is 1. The van der Waals surface area contributed by atoms with Crippen molar-refractivity contribution in [3.8, 4) is 27.9 Å². The van der Waals surface area contributed by atoms with Crippen molar-refractivity contribution in [2.45, 2.75) is 0 Å². The van der Waals surface area contributed by atoms with Crippen LogP contribution >= 0.6 is 11.3 Å². The number of rotatable bonds is 3. The quantitative estimate of drug-likeness (QED) is 0.200. The van der Waals surface area contributed by atoms with Gasteiger partial charge in [-0.05, 0) is 76.9 Å². The lowest BCUT2D eigenvalue weighted by atomic mass is 9.98. The van der Waals surface area contributed by atoms with Gasteiger partial charge in [-0.25, -0.2) is 0 Å². The van der Waals surface area contributed by atoms with Gasteiger partial charge in [-0.3, -0.25) is 0 Å². The van der Waals surface area contributed by atoms with E-state index >= 15 is 0 Å². The minimum Gasteiger partial charge on any atom is -0.455 e. The first-order chi connectivity index (χ1) is 22.3. The molecule has 0 unspecified atom stereocenters. The summed E-state index contributed by atoms with van der Waals surface area (Å²) in [6.07, 6.45) is 0. The van der Waals surface area contributed by atoms with Gasteiger partial charge in [0.15, 0.2) is 0 Å². The normalized spacial score (nSPS) is 12.0. The molecular formula is C42H25NOS. The second-order valence-electron chi connectivity index (χ2n) is 11.7. The Kier molecular flexibility index (Phi) is 5.19. The first kappa shape index (κ1) is 24.8. The maximum atomic E-state index is 6.98. The molecule has 3 heteroatoms. The Labute approximate surface area is 263 Å². The van der Waals surface area contributed by atoms with E-state index in [9.17, 15) is 0 Å². The van der Waals surface area contributed by atoms with Crippen molar-refractivity contribution in [1.82, 2.24) is 4.57 Å². The Hall–Kier alpha value is -5.64. The van der Waals surface area contributed by atoms with E-state index in [0.29, 0.717) is 0 Å². The maximum Gasteiger partial charge on any atom is 0.145 e. The van der Waals surface area contributed by atoms with Crippen molar-refractivity contribution in [3.05, 3.63) is 152 Å². The van der Waals surface area contributed by atoms with Gasteiger partial charge in [-0.15, -0.1) is 11.3 Å². The summed E-state index contributed by atoms with van der Waals surface area (Å²) in [6, 6.07) is 54.7. The smallest absolute Gasteiger partial charge is 0.145 e. The van der Waals surface area contributed by atoms with Crippen LogP contribution in [0.4, 0.5) is 0 Å². The third-order valence-corrected chi connectivity index (χ3v) is 10.3. The summed E-state index contributed by atoms with van der Waals surface area (Å²) in [7, 11) is 0. The lowest BCUT2D eigenvalue weighted by molar-refractivity contribution is 0.677. The largest absolute Gasteiger partial charge is 0.455 e. The summed E-state index contributed by atoms with van der Waals surface area (Å²) in [5.41, 5.74) is 10.1. The molecule has 7 aromatic carbocycles. The number of aromatic nitrogens is 1. The molecule has 10 rings (SSSR count). The first-order valence-electron chi connectivity index (χ1n) is 15.3. The fourth-order valence-electron chi connectivity index (χ4n) is 7.17. The number of para-hydroxylation sites is 1. The maximum absolute atomic E-state index is 6.98. The van der Waals surface area contributed by atoms with E-state index in [-0.39, 0.29) is 0 Å². The highest BCUT2D eigenvalue weighted by Crippen LogP contribution is 2.45. The first-order valence-corrected chi connectivity index (χ1v) is 16.1. The van der Waals surface area contributed by atoms with Crippen LogP contribution in [-0.4, -0.2) is 4.57 Å². The van der Waals surface area contributed by atoms with Gasteiger partial charge in [0.1, 0.15) is 11.2 Å². The molecule has 10 aromatic rings. The number of nitrogens with zero attached hydrogens (tertiary/aromatic N) is 1. The second kappa shape index (κ2) is 9.43. The lowest BCUT2D eigenvalue weighted by Gasteiger charge is -2.14. The molecule has 2 nitrogen and oxygen atoms in total. The molecule has 3 aromatic heterocycles. The zero-order valence-corrected chi connectivity index (χ0v) is 25.0. The molecule has 0 aliphatic heterocycles. The summed E-state index contributed by atoms with van der Waals surface area (Å²) < 4.78 is 11.9. The van der Waals surface area contributed by atoms with Crippen molar-refractivity contribution in [3.63, 3.8) is 0 Å². The Bertz CT molecular complexity index is 2690. The molecule has 0 aliphatic carbocycles. The van der Waals surface area contributed by atoms with Gasteiger partial charge in [-0.2, -0.15) is 0 Å². The van der Waals surface area contributed by atoms with Crippen molar-refractivity contribution in [2.75, 3.05) is 0 Å². The van der Waals surface area contributed by atoms with Crippen LogP contribution in [-0.2, 0) is 0 Å². The molecule has 0 saturated carbocycles. The summed E-state index contributed by atoms with van der Waals surface area (Å²) in [4.78, 5) is 0. The highest BCUT2D eigenvalue weighted by atomic mass is 32.1. The zero-order chi connectivity index (χ0) is 29.5. The van der Waals surface area contributed by atoms with E-state index in [0.717, 1.165) is 44.0 Å². The van der Waals surface area contributed by atoms with Gasteiger partial charge in [0.25, 0.3) is 0 Å². The van der Waals surface area contributed by atoms with Crippen LogP contribution in [0, 0.1) is 0 Å². The molecule has 45 heavy (non-hydrogen) atoms. The minimum atomic E-state index is 0.947. The predicted octanol–water partition coefficient (Wildman–Crippen LogP) is 12.4. The van der Waals surface area contributed by atoms with Crippen LogP contribution in [0.25, 0.3) is 91.9 Å². The zero-order valence-electron chi connectivity index (χ0n) is 24.2. The second-order valence-corrected chi connectivity index (χ2v) is 12.8. The fraction of sp³-hybridized carbons (Fsp3) is 0. The van der Waals surface area contributed by atoms with E-state index in [2.05, 4.69) is 156 Å². The summed E-state index contributed by atoms with van der Waals surface area (Å²) >= 11 is 1.83. The third kappa shape index (κ3) is 3.62. The molecule has 0 radical (unpaired) electrons. The van der Waals surface area contributed by atoms with Gasteiger partial charge in [0.05, 0.1) is 16.4 Å². The monoisotopic (exact) mass is 591 g/mol. The van der Waals surface area contributed by atoms with E-state index in [1.165, 1.54) is 47.8 Å². The Morgan fingerprint density at radius 2 is 1.00 bits per heavy atom. The van der Waals surface area contributed by atoms with E-state index in [4.69, 9.17) is 4.42 Å². The van der Waals surface area contributed by atoms with Crippen molar-refractivity contribution < 1.29 is 4.42 Å². The molecule has 0 aliphatic rings. The highest BCUT2D eigenvalue weighted by Gasteiger charge is 2.21. The average molecular weight is 592 g/mol. The Balaban J connectivity index is 1.31. The van der Waals surface area contributed by atoms with E-state index in [1.807, 2.05) is 11.3 Å². The Morgan fingerprint density at radius 3 is 1.73 bits per heavy atom. The molecular weight excluding hydrogens is 567 g/mol. The summed E-state index contributed by atoms with van der Waals surface area (Å²) in [6.45, 7) is 0. The molecule has 0 atom stereocenters. The van der Waals surface area contributed by atoms with Gasteiger partial charge >= 0.3 is 0 Å². The third-order valence-electron chi connectivity index (χ3n) is 9.17. The van der Waals surface area contributed by atoms with Crippen molar-refractivity contribution in [1.29, 1.82) is 0 Å². The number of benzene rings is 7. The van der Waals surface area contributed by atoms with E-state index in [1.54, 1.807) is 0 Å². The molecule has 0 bridgehead atoms. The van der Waals surface area contributed by atoms with Crippen molar-refractivity contribution in [2.24, 2.45) is 0 Å². The molecule has 0 amide bonds. The molecule has 0 fully saturated rings. The number of hydrogen-bond donors (Lipinski definition) is 0. The van der Waals surface area contributed by atoms with Crippen LogP contribution in [0.2, 0.25) is 0 Å². The molecule has 210 valence electrons. The molecule has 3 heterocycles. The predicted molar refractivity (Wildman–Crippen MR) is 192 cm³/mol. The van der Waals surface area contributed by atoms with Crippen LogP contribution in [0.15, 0.2) is 156 Å². The SMILES string of the molecule is c1ccc(-c2cc(-c3ccccc3)cc(-n3c4ccccc4c4c5oc6c(ccc7sc8ccccc8c76)c5ccc43)c2)cc1. The highest BCUT2D eigenvalue weighted by molar-refractivity contribution is 7.26. The average Bonchev–Trinajstić information content (AvgIpc) is 3.78. The van der Waals surface area contributed by atoms with Crippen LogP contribution in [0.5, 0.6) is 0 Å². The van der Waals surface area contributed by atoms with Crippen molar-refractivity contribution >= 4 is 75.3 Å². The van der Waals surface area contributed by atoms with Gasteiger partial charge < -0.3 is 8.98 Å². The van der Waals surface area contributed by atoms with Crippen LogP contribution in [0.1, 0.15) is 0 Å². The summed E-state index contributed by atoms with van der Waals surface area (Å²) in [5.74, 6) is 0. The standard InChI is InChI=1S/C42H25NOS/c1-3-11-26(12-4-1)28-23-29(27-13-5-2-6-14-27)25-30(24-28)43-35-17-9-7-15-33(35)39-36(43)21-19-31-32-20-22-38-40(42(32)44-41(31)39)34-16-8-10-18-37(34)45-38/h1-25H. The topological polar surface area (TPSA) is 18.1 Å². The van der Waals surface area contributed by atoms with Crippen LogP contribution in [0.3, 0.4) is 0 Å². The number of fused-ring (bicyclic) bond motifs is 11. The Morgan fingerprint density at radius 1 is 0.400 bits per heavy atom. The van der Waals surface area contributed by atoms with Gasteiger partial charge in [-0.1, -0.05) is 97.1 Å². The number of hydrogen-bond acceptors (Lipinski definition) is 2. The fourth-order valence-corrected chi connectivity index (χ4v) is 8.27. The van der Waals surface area contributed by atoms with E-state index < -0.39 is 0 Å². The molecule has 0 spiro atoms. The van der Waals surface area contributed by atoms with Gasteiger partial charge in [0.2, 0.25) is 0 Å². The molecule has 0 N–H and O–H groups in total. The summed E-state index contributed by atoms with van der Waals surface area (Å²) in [5, 5.41) is 7.13. The van der Waals surface area contributed by atoms with Crippen LogP contribution < -0.4 is 0 Å². The number of furan rings is 1. The lowest BCUT2D eigenvalue weighted by Crippen LogP contribution is -1.96. The minimum absolute atomic E-state index is 0.947. The van der Waals surface area contributed by atoms with Gasteiger partial charge in [0, 0.05) is 42.0 Å². The molecule has 0 saturated heterocycles.